The fourth-order valence-electron chi connectivity index (χ4n) is 2.90. The van der Waals surface area contributed by atoms with Gasteiger partial charge in [-0.25, -0.2) is 4.98 Å². The summed E-state index contributed by atoms with van der Waals surface area (Å²) in [4.78, 5) is 7.99. The van der Waals surface area contributed by atoms with Crippen LogP contribution in [0.5, 0.6) is 5.75 Å². The second-order valence-corrected chi connectivity index (χ2v) is 5.19. The van der Waals surface area contributed by atoms with Crippen LogP contribution < -0.4 is 10.5 Å². The third kappa shape index (κ3) is 1.81. The van der Waals surface area contributed by atoms with E-state index in [0.29, 0.717) is 5.82 Å². The number of ether oxygens (including phenoxy) is 1. The number of methoxy groups -OCH3 is 1. The van der Waals surface area contributed by atoms with Gasteiger partial charge in [-0.2, -0.15) is 0 Å². The van der Waals surface area contributed by atoms with E-state index >= 15 is 0 Å². The molecule has 0 unspecified atom stereocenters. The van der Waals surface area contributed by atoms with Gasteiger partial charge in [-0.15, -0.1) is 0 Å². The van der Waals surface area contributed by atoms with Crippen molar-refractivity contribution in [1.29, 1.82) is 0 Å². The van der Waals surface area contributed by atoms with E-state index < -0.39 is 0 Å². The number of benzene rings is 2. The third-order valence-electron chi connectivity index (χ3n) is 3.88. The van der Waals surface area contributed by atoms with Crippen LogP contribution in [0.4, 0.5) is 5.82 Å². The molecule has 0 radical (unpaired) electrons. The Hall–Kier alpha value is -3.01. The van der Waals surface area contributed by atoms with Gasteiger partial charge in [-0.3, -0.25) is 0 Å². The molecule has 0 saturated heterocycles. The summed E-state index contributed by atoms with van der Waals surface area (Å²) < 4.78 is 5.47. The maximum absolute atomic E-state index is 6.04. The van der Waals surface area contributed by atoms with E-state index in [1.54, 1.807) is 7.11 Å². The fraction of sp³-hybridized carbons (Fsp3) is 0.0556. The smallest absolute Gasteiger partial charge is 0.128 e. The summed E-state index contributed by atoms with van der Waals surface area (Å²) in [5.41, 5.74) is 9.81. The number of pyridine rings is 1. The molecule has 0 fully saturated rings. The molecular formula is C18H15N3O. The first kappa shape index (κ1) is 12.7. The van der Waals surface area contributed by atoms with E-state index in [4.69, 9.17) is 10.5 Å². The number of nitrogens with zero attached hydrogens (tertiary/aromatic N) is 1. The Balaban J connectivity index is 2.13. The predicted octanol–water partition coefficient (Wildman–Crippen LogP) is 3.97. The van der Waals surface area contributed by atoms with Gasteiger partial charge in [0.1, 0.15) is 17.3 Å². The minimum absolute atomic E-state index is 0.498. The van der Waals surface area contributed by atoms with Crippen molar-refractivity contribution in [3.63, 3.8) is 0 Å². The van der Waals surface area contributed by atoms with Crippen LogP contribution in [-0.2, 0) is 0 Å². The standard InChI is InChI=1S/C18H15N3O/c1-22-15-9-5-3-7-12(15)17-18-13(10-16(19)21-17)11-6-2-4-8-14(11)20-18/h2-10,20H,1H3,(H2,19,21). The Morgan fingerprint density at radius 2 is 1.77 bits per heavy atom. The van der Waals surface area contributed by atoms with E-state index in [0.717, 1.165) is 38.8 Å². The van der Waals surface area contributed by atoms with Crippen LogP contribution in [0.2, 0.25) is 0 Å². The minimum Gasteiger partial charge on any atom is -0.496 e. The van der Waals surface area contributed by atoms with Crippen molar-refractivity contribution in [2.45, 2.75) is 0 Å². The lowest BCUT2D eigenvalue weighted by molar-refractivity contribution is 0.416. The van der Waals surface area contributed by atoms with Gasteiger partial charge in [0, 0.05) is 21.9 Å². The molecule has 4 nitrogen and oxygen atoms in total. The zero-order valence-corrected chi connectivity index (χ0v) is 12.1. The maximum atomic E-state index is 6.04. The van der Waals surface area contributed by atoms with Crippen molar-refractivity contribution in [2.75, 3.05) is 12.8 Å². The van der Waals surface area contributed by atoms with Crippen LogP contribution >= 0.6 is 0 Å². The molecule has 3 N–H and O–H groups in total. The summed E-state index contributed by atoms with van der Waals surface area (Å²) >= 11 is 0. The molecule has 22 heavy (non-hydrogen) atoms. The van der Waals surface area contributed by atoms with Crippen LogP contribution in [0, 0.1) is 0 Å². The van der Waals surface area contributed by atoms with E-state index in [9.17, 15) is 0 Å². The first-order valence-corrected chi connectivity index (χ1v) is 7.08. The Labute approximate surface area is 127 Å². The molecule has 0 amide bonds. The molecule has 0 saturated carbocycles. The van der Waals surface area contributed by atoms with Crippen molar-refractivity contribution >= 4 is 27.6 Å². The summed E-state index contributed by atoms with van der Waals surface area (Å²) in [7, 11) is 1.66. The highest BCUT2D eigenvalue weighted by Gasteiger charge is 2.15. The van der Waals surface area contributed by atoms with Crippen molar-refractivity contribution in [1.82, 2.24) is 9.97 Å². The molecule has 2 aromatic heterocycles. The third-order valence-corrected chi connectivity index (χ3v) is 3.88. The quantitative estimate of drug-likeness (QED) is 0.587. The lowest BCUT2D eigenvalue weighted by atomic mass is 10.1. The maximum Gasteiger partial charge on any atom is 0.128 e. The largest absolute Gasteiger partial charge is 0.496 e. The molecule has 0 aliphatic heterocycles. The lowest BCUT2D eigenvalue weighted by Crippen LogP contribution is -1.95. The van der Waals surface area contributed by atoms with E-state index in [-0.39, 0.29) is 0 Å². The number of aromatic nitrogens is 2. The number of aromatic amines is 1. The molecular weight excluding hydrogens is 274 g/mol. The van der Waals surface area contributed by atoms with Crippen LogP contribution in [0.25, 0.3) is 33.1 Å². The van der Waals surface area contributed by atoms with Gasteiger partial charge in [0.2, 0.25) is 0 Å². The number of hydrogen-bond donors (Lipinski definition) is 2. The summed E-state index contributed by atoms with van der Waals surface area (Å²) in [6, 6.07) is 17.9. The van der Waals surface area contributed by atoms with Gasteiger partial charge in [-0.1, -0.05) is 30.3 Å². The zero-order valence-electron chi connectivity index (χ0n) is 12.1. The molecule has 0 atom stereocenters. The Morgan fingerprint density at radius 1 is 1.00 bits per heavy atom. The van der Waals surface area contributed by atoms with Crippen LogP contribution in [-0.4, -0.2) is 17.1 Å². The number of fused-ring (bicyclic) bond motifs is 3. The Morgan fingerprint density at radius 3 is 2.64 bits per heavy atom. The van der Waals surface area contributed by atoms with Crippen LogP contribution in [0.15, 0.2) is 54.6 Å². The monoisotopic (exact) mass is 289 g/mol. The Bertz CT molecular complexity index is 988. The first-order valence-electron chi connectivity index (χ1n) is 7.08. The first-order chi connectivity index (χ1) is 10.8. The Kier molecular flexibility index (Phi) is 2.76. The summed E-state index contributed by atoms with van der Waals surface area (Å²) in [6.07, 6.45) is 0. The van der Waals surface area contributed by atoms with Gasteiger partial charge in [0.25, 0.3) is 0 Å². The molecule has 4 heteroatoms. The van der Waals surface area contributed by atoms with E-state index in [1.807, 2.05) is 42.5 Å². The highest BCUT2D eigenvalue weighted by Crippen LogP contribution is 2.36. The number of para-hydroxylation sites is 2. The predicted molar refractivity (Wildman–Crippen MR) is 90.0 cm³/mol. The zero-order chi connectivity index (χ0) is 15.1. The second-order valence-electron chi connectivity index (χ2n) is 5.19. The number of rotatable bonds is 2. The second kappa shape index (κ2) is 4.77. The van der Waals surface area contributed by atoms with Gasteiger partial charge in [0.15, 0.2) is 0 Å². The van der Waals surface area contributed by atoms with Gasteiger partial charge in [0.05, 0.1) is 12.6 Å². The normalized spacial score (nSPS) is 11.1. The number of nitrogen functional groups attached to an aromatic ring is 1. The molecule has 0 spiro atoms. The van der Waals surface area contributed by atoms with Gasteiger partial charge >= 0.3 is 0 Å². The molecule has 0 aliphatic carbocycles. The highest BCUT2D eigenvalue weighted by molar-refractivity contribution is 6.12. The summed E-state index contributed by atoms with van der Waals surface area (Å²) in [5, 5.41) is 2.21. The molecule has 4 aromatic rings. The molecule has 4 rings (SSSR count). The molecule has 108 valence electrons. The van der Waals surface area contributed by atoms with E-state index in [2.05, 4.69) is 22.1 Å². The molecule has 0 bridgehead atoms. The highest BCUT2D eigenvalue weighted by atomic mass is 16.5. The summed E-state index contributed by atoms with van der Waals surface area (Å²) in [6.45, 7) is 0. The van der Waals surface area contributed by atoms with Crippen LogP contribution in [0.3, 0.4) is 0 Å². The van der Waals surface area contributed by atoms with Crippen molar-refractivity contribution in [3.8, 4) is 17.0 Å². The average Bonchev–Trinajstić information content (AvgIpc) is 2.93. The number of nitrogens with one attached hydrogen (secondary N) is 1. The fourth-order valence-corrected chi connectivity index (χ4v) is 2.90. The number of anilines is 1. The lowest BCUT2D eigenvalue weighted by Gasteiger charge is -2.09. The van der Waals surface area contributed by atoms with Crippen molar-refractivity contribution in [3.05, 3.63) is 54.6 Å². The van der Waals surface area contributed by atoms with Crippen LogP contribution in [0.1, 0.15) is 0 Å². The average molecular weight is 289 g/mol. The van der Waals surface area contributed by atoms with E-state index in [1.165, 1.54) is 0 Å². The minimum atomic E-state index is 0.498. The van der Waals surface area contributed by atoms with Gasteiger partial charge in [-0.05, 0) is 24.3 Å². The number of H-pyrrole nitrogens is 1. The van der Waals surface area contributed by atoms with Crippen molar-refractivity contribution in [2.24, 2.45) is 0 Å². The number of hydrogen-bond acceptors (Lipinski definition) is 3. The number of nitrogens with two attached hydrogens (primary N) is 1. The summed E-state index contributed by atoms with van der Waals surface area (Å²) in [5.74, 6) is 1.28. The molecule has 2 aromatic carbocycles. The SMILES string of the molecule is COc1ccccc1-c1nc(N)cc2c1[nH]c1ccccc12. The molecule has 0 aliphatic rings. The topological polar surface area (TPSA) is 63.9 Å². The van der Waals surface area contributed by atoms with Crippen molar-refractivity contribution < 1.29 is 4.74 Å². The van der Waals surface area contributed by atoms with Gasteiger partial charge < -0.3 is 15.5 Å². The molecule has 2 heterocycles.